The van der Waals surface area contributed by atoms with Gasteiger partial charge in [0.2, 0.25) is 0 Å². The number of fused-ring (bicyclic) bond motifs is 1. The van der Waals surface area contributed by atoms with Crippen molar-refractivity contribution in [1.29, 1.82) is 0 Å². The number of hydrogen-bond acceptors (Lipinski definition) is 6. The number of amides is 2. The lowest BCUT2D eigenvalue weighted by Crippen LogP contribution is -2.49. The van der Waals surface area contributed by atoms with Crippen molar-refractivity contribution in [3.8, 4) is 11.5 Å². The van der Waals surface area contributed by atoms with Gasteiger partial charge in [0.15, 0.2) is 11.7 Å². The number of carbonyl (C=O) groups excluding carboxylic acids is 2. The van der Waals surface area contributed by atoms with Crippen molar-refractivity contribution in [2.24, 2.45) is 0 Å². The van der Waals surface area contributed by atoms with Crippen molar-refractivity contribution in [2.75, 3.05) is 26.4 Å². The van der Waals surface area contributed by atoms with Gasteiger partial charge in [-0.05, 0) is 66.3 Å². The molecule has 0 aliphatic carbocycles. The molecule has 0 atom stereocenters. The number of thiocarbonyl (C=S) groups is 1. The average Bonchev–Trinajstić information content (AvgIpc) is 2.84. The van der Waals surface area contributed by atoms with Crippen LogP contribution in [0.1, 0.15) is 17.3 Å². The second-order valence-corrected chi connectivity index (χ2v) is 7.23. The molecule has 0 saturated heterocycles. The Morgan fingerprint density at radius 2 is 1.58 bits per heavy atom. The molecule has 3 N–H and O–H groups in total. The molecule has 0 bridgehead atoms. The minimum absolute atomic E-state index is 0.0453. The summed E-state index contributed by atoms with van der Waals surface area (Å²) in [4.78, 5) is 24.3. The third-order valence-corrected chi connectivity index (χ3v) is 4.65. The molecular formula is C24H25N3O5S. The Labute approximate surface area is 197 Å². The van der Waals surface area contributed by atoms with Gasteiger partial charge in [-0.2, -0.15) is 0 Å². The quantitative estimate of drug-likeness (QED) is 0.253. The molecule has 8 nitrogen and oxygen atoms in total. The van der Waals surface area contributed by atoms with Crippen LogP contribution in [0.4, 0.5) is 0 Å². The number of hydrogen-bond donors (Lipinski definition) is 3. The zero-order valence-electron chi connectivity index (χ0n) is 18.1. The Morgan fingerprint density at radius 3 is 2.33 bits per heavy atom. The first-order chi connectivity index (χ1) is 16.0. The highest BCUT2D eigenvalue weighted by atomic mass is 32.1. The second-order valence-electron chi connectivity index (χ2n) is 6.82. The summed E-state index contributed by atoms with van der Waals surface area (Å²) >= 11 is 5.05. The third-order valence-electron chi connectivity index (χ3n) is 4.45. The van der Waals surface area contributed by atoms with E-state index in [4.69, 9.17) is 26.4 Å². The first-order valence-electron chi connectivity index (χ1n) is 10.4. The summed E-state index contributed by atoms with van der Waals surface area (Å²) in [6.07, 6.45) is 0. The summed E-state index contributed by atoms with van der Waals surface area (Å²) in [5.74, 6) is 0.332. The second kappa shape index (κ2) is 12.4. The average molecular weight is 468 g/mol. The highest BCUT2D eigenvalue weighted by Crippen LogP contribution is 2.20. The van der Waals surface area contributed by atoms with E-state index in [0.717, 1.165) is 10.8 Å². The van der Waals surface area contributed by atoms with E-state index in [1.54, 1.807) is 30.3 Å². The minimum Gasteiger partial charge on any atom is -0.491 e. The molecule has 9 heteroatoms. The first-order valence-corrected chi connectivity index (χ1v) is 10.8. The molecule has 33 heavy (non-hydrogen) atoms. The van der Waals surface area contributed by atoms with E-state index < -0.39 is 11.8 Å². The van der Waals surface area contributed by atoms with Crippen molar-refractivity contribution in [3.05, 3.63) is 72.3 Å². The summed E-state index contributed by atoms with van der Waals surface area (Å²) in [7, 11) is 0. The Balaban J connectivity index is 1.38. The molecule has 0 aliphatic heterocycles. The zero-order chi connectivity index (χ0) is 23.5. The molecule has 2 amide bonds. The normalized spacial score (nSPS) is 10.3. The van der Waals surface area contributed by atoms with E-state index in [0.29, 0.717) is 36.9 Å². The van der Waals surface area contributed by atoms with Crippen LogP contribution in [0.3, 0.4) is 0 Å². The first kappa shape index (κ1) is 24.0. The summed E-state index contributed by atoms with van der Waals surface area (Å²) in [6.45, 7) is 3.26. The summed E-state index contributed by atoms with van der Waals surface area (Å²) in [5.41, 5.74) is 5.26. The van der Waals surface area contributed by atoms with Gasteiger partial charge in [-0.1, -0.05) is 30.3 Å². The van der Waals surface area contributed by atoms with E-state index >= 15 is 0 Å². The van der Waals surface area contributed by atoms with Gasteiger partial charge in [0, 0.05) is 12.2 Å². The third kappa shape index (κ3) is 7.74. The maximum absolute atomic E-state index is 12.3. The number of nitrogens with one attached hydrogen (secondary N) is 3. The fourth-order valence-electron chi connectivity index (χ4n) is 2.84. The van der Waals surface area contributed by atoms with Gasteiger partial charge in [-0.3, -0.25) is 25.8 Å². The van der Waals surface area contributed by atoms with Gasteiger partial charge in [-0.15, -0.1) is 0 Å². The lowest BCUT2D eigenvalue weighted by molar-refractivity contribution is -0.123. The molecule has 0 unspecified atom stereocenters. The van der Waals surface area contributed by atoms with Crippen molar-refractivity contribution in [3.63, 3.8) is 0 Å². The van der Waals surface area contributed by atoms with Crippen LogP contribution >= 0.6 is 12.2 Å². The molecule has 0 saturated carbocycles. The number of carbonyl (C=O) groups is 2. The molecule has 0 radical (unpaired) electrons. The van der Waals surface area contributed by atoms with Gasteiger partial charge < -0.3 is 14.2 Å². The predicted octanol–water partition coefficient (Wildman–Crippen LogP) is 2.97. The van der Waals surface area contributed by atoms with E-state index in [1.165, 1.54) is 0 Å². The zero-order valence-corrected chi connectivity index (χ0v) is 18.9. The van der Waals surface area contributed by atoms with Crippen LogP contribution in [0.15, 0.2) is 66.7 Å². The number of ether oxygens (including phenoxy) is 3. The molecule has 3 aromatic rings. The Hall–Kier alpha value is -3.69. The topological polar surface area (TPSA) is 97.9 Å². The molecule has 0 aliphatic rings. The van der Waals surface area contributed by atoms with Gasteiger partial charge in [-0.25, -0.2) is 0 Å². The highest BCUT2D eigenvalue weighted by Gasteiger charge is 2.09. The van der Waals surface area contributed by atoms with Crippen LogP contribution in [0, 0.1) is 0 Å². The SMILES string of the molecule is CCOCCOc1ccc(C(=O)NC(=S)NNC(=O)COc2ccc3ccccc3c2)cc1. The highest BCUT2D eigenvalue weighted by molar-refractivity contribution is 7.80. The standard InChI is InChI=1S/C24H25N3O5S/c1-2-30-13-14-31-20-10-8-18(9-11-20)23(29)25-24(33)27-26-22(28)16-32-21-12-7-17-5-3-4-6-19(17)15-21/h3-12,15H,2,13-14,16H2,1H3,(H,26,28)(H2,25,27,29,33). The van der Waals surface area contributed by atoms with Crippen molar-refractivity contribution in [1.82, 2.24) is 16.2 Å². The van der Waals surface area contributed by atoms with Gasteiger partial charge >= 0.3 is 0 Å². The van der Waals surface area contributed by atoms with Gasteiger partial charge in [0.1, 0.15) is 18.1 Å². The Kier molecular flexibility index (Phi) is 8.98. The lowest BCUT2D eigenvalue weighted by atomic mass is 10.1. The van der Waals surface area contributed by atoms with Crippen molar-refractivity contribution in [2.45, 2.75) is 6.92 Å². The molecule has 3 aromatic carbocycles. The monoisotopic (exact) mass is 467 g/mol. The summed E-state index contributed by atoms with van der Waals surface area (Å²) in [5, 5.41) is 4.54. The maximum atomic E-state index is 12.3. The predicted molar refractivity (Wildman–Crippen MR) is 129 cm³/mol. The van der Waals surface area contributed by atoms with Gasteiger partial charge in [0.05, 0.1) is 6.61 Å². The largest absolute Gasteiger partial charge is 0.491 e. The number of hydrazine groups is 1. The summed E-state index contributed by atoms with van der Waals surface area (Å²) in [6, 6.07) is 20.0. The number of benzene rings is 3. The number of rotatable bonds is 9. The Bertz CT molecular complexity index is 1100. The van der Waals surface area contributed by atoms with Crippen LogP contribution < -0.4 is 25.6 Å². The minimum atomic E-state index is -0.451. The van der Waals surface area contributed by atoms with E-state index in [2.05, 4.69) is 16.2 Å². The van der Waals surface area contributed by atoms with E-state index in [9.17, 15) is 9.59 Å². The van der Waals surface area contributed by atoms with Crippen LogP contribution in [0.2, 0.25) is 0 Å². The van der Waals surface area contributed by atoms with Crippen molar-refractivity contribution < 1.29 is 23.8 Å². The van der Waals surface area contributed by atoms with Crippen LogP contribution in [-0.4, -0.2) is 43.4 Å². The molecular weight excluding hydrogens is 442 g/mol. The fraction of sp³-hybridized carbons (Fsp3) is 0.208. The van der Waals surface area contributed by atoms with Crippen LogP contribution in [0.5, 0.6) is 11.5 Å². The maximum Gasteiger partial charge on any atom is 0.276 e. The summed E-state index contributed by atoms with van der Waals surface area (Å²) < 4.78 is 16.2. The molecule has 0 aromatic heterocycles. The molecule has 0 heterocycles. The van der Waals surface area contributed by atoms with Crippen LogP contribution in [-0.2, 0) is 9.53 Å². The molecule has 3 rings (SSSR count). The van der Waals surface area contributed by atoms with Gasteiger partial charge in [0.25, 0.3) is 11.8 Å². The molecule has 0 spiro atoms. The fourth-order valence-corrected chi connectivity index (χ4v) is 2.98. The lowest BCUT2D eigenvalue weighted by Gasteiger charge is -2.12. The molecule has 0 fully saturated rings. The van der Waals surface area contributed by atoms with E-state index in [-0.39, 0.29) is 11.7 Å². The van der Waals surface area contributed by atoms with E-state index in [1.807, 2.05) is 43.3 Å². The van der Waals surface area contributed by atoms with Crippen molar-refractivity contribution >= 4 is 39.9 Å². The smallest absolute Gasteiger partial charge is 0.276 e. The van der Waals surface area contributed by atoms with Crippen LogP contribution in [0.25, 0.3) is 10.8 Å². The molecule has 172 valence electrons. The Morgan fingerprint density at radius 1 is 0.848 bits per heavy atom.